The molecule has 0 aromatic heterocycles. The van der Waals surface area contributed by atoms with Gasteiger partial charge in [0.15, 0.2) is 6.10 Å². The van der Waals surface area contributed by atoms with Crippen LogP contribution in [0.15, 0.2) is 12.7 Å². The predicted octanol–water partition coefficient (Wildman–Crippen LogP) is -0.872. The number of hydrogen-bond acceptors (Lipinski definition) is 4. The quantitative estimate of drug-likeness (QED) is 0.405. The average Bonchev–Trinajstić information content (AvgIpc) is 1.99. The number of amides is 1. The van der Waals surface area contributed by atoms with Crippen LogP contribution < -0.4 is 5.48 Å². The Hall–Kier alpha value is -1.36. The topological polar surface area (TPSA) is 75.6 Å². The Labute approximate surface area is 63.6 Å². The maximum atomic E-state index is 10.4. The van der Waals surface area contributed by atoms with Gasteiger partial charge in [0.2, 0.25) is 0 Å². The second kappa shape index (κ2) is 4.45. The van der Waals surface area contributed by atoms with Gasteiger partial charge in [-0.15, -0.1) is 0 Å². The second-order valence-electron chi connectivity index (χ2n) is 1.77. The van der Waals surface area contributed by atoms with E-state index < -0.39 is 18.0 Å². The van der Waals surface area contributed by atoms with Gasteiger partial charge in [-0.05, 0) is 13.0 Å². The number of aliphatic hydroxyl groups is 1. The lowest BCUT2D eigenvalue weighted by molar-refractivity contribution is -0.164. The van der Waals surface area contributed by atoms with E-state index in [1.807, 2.05) is 0 Å². The second-order valence-corrected chi connectivity index (χ2v) is 1.77. The zero-order valence-electron chi connectivity index (χ0n) is 6.03. The summed E-state index contributed by atoms with van der Waals surface area (Å²) in [4.78, 5) is 24.9. The third-order valence-corrected chi connectivity index (χ3v) is 0.779. The number of hydrogen-bond donors (Lipinski definition) is 2. The first-order valence-electron chi connectivity index (χ1n) is 2.89. The van der Waals surface area contributed by atoms with Gasteiger partial charge in [0.1, 0.15) is 0 Å². The van der Waals surface area contributed by atoms with Crippen molar-refractivity contribution in [3.8, 4) is 0 Å². The van der Waals surface area contributed by atoms with Crippen LogP contribution in [0.5, 0.6) is 0 Å². The van der Waals surface area contributed by atoms with Crippen LogP contribution in [0.3, 0.4) is 0 Å². The lowest BCUT2D eigenvalue weighted by Crippen LogP contribution is -2.30. The minimum Gasteiger partial charge on any atom is -0.382 e. The lowest BCUT2D eigenvalue weighted by atomic mass is 10.4. The molecule has 1 unspecified atom stereocenters. The van der Waals surface area contributed by atoms with Gasteiger partial charge in [0, 0.05) is 0 Å². The van der Waals surface area contributed by atoms with Gasteiger partial charge in [-0.25, -0.2) is 4.79 Å². The van der Waals surface area contributed by atoms with E-state index in [1.54, 1.807) is 5.48 Å². The van der Waals surface area contributed by atoms with Crippen LogP contribution in [0.4, 0.5) is 0 Å². The van der Waals surface area contributed by atoms with E-state index in [9.17, 15) is 9.59 Å². The Morgan fingerprint density at radius 3 is 2.64 bits per heavy atom. The van der Waals surface area contributed by atoms with Crippen molar-refractivity contribution in [2.75, 3.05) is 0 Å². The van der Waals surface area contributed by atoms with E-state index in [0.717, 1.165) is 6.08 Å². The number of aliphatic hydroxyl groups excluding tert-OH is 1. The van der Waals surface area contributed by atoms with Crippen molar-refractivity contribution in [1.82, 2.24) is 5.48 Å². The third-order valence-electron chi connectivity index (χ3n) is 0.779. The molecule has 2 N–H and O–H groups in total. The van der Waals surface area contributed by atoms with Crippen LogP contribution in [0.1, 0.15) is 6.92 Å². The van der Waals surface area contributed by atoms with E-state index in [1.165, 1.54) is 6.92 Å². The Morgan fingerprint density at radius 2 is 2.27 bits per heavy atom. The number of carbonyl (C=O) groups is 2. The maximum absolute atomic E-state index is 10.4. The van der Waals surface area contributed by atoms with E-state index in [2.05, 4.69) is 11.4 Å². The van der Waals surface area contributed by atoms with Gasteiger partial charge in [-0.2, -0.15) is 5.48 Å². The molecule has 0 aromatic rings. The molecule has 0 fully saturated rings. The summed E-state index contributed by atoms with van der Waals surface area (Å²) in [6.45, 7) is 4.34. The molecule has 62 valence electrons. The predicted molar refractivity (Wildman–Crippen MR) is 36.1 cm³/mol. The standard InChI is InChI=1S/C6H9NO4/c1-3-5(9)7-11-6(10)4(2)8/h3-4,8H,1H2,2H3,(H,7,9). The number of rotatable bonds is 2. The molecule has 5 heteroatoms. The van der Waals surface area contributed by atoms with Gasteiger partial charge in [-0.3, -0.25) is 4.79 Å². The molecule has 0 rings (SSSR count). The van der Waals surface area contributed by atoms with Crippen LogP contribution in [-0.2, 0) is 14.4 Å². The molecule has 0 radical (unpaired) electrons. The van der Waals surface area contributed by atoms with Crippen LogP contribution in [0.2, 0.25) is 0 Å². The summed E-state index contributed by atoms with van der Waals surface area (Å²) in [6.07, 6.45) is -0.310. The summed E-state index contributed by atoms with van der Waals surface area (Å²) >= 11 is 0. The highest BCUT2D eigenvalue weighted by Gasteiger charge is 2.10. The molecule has 0 aliphatic carbocycles. The van der Waals surface area contributed by atoms with Crippen molar-refractivity contribution >= 4 is 11.9 Å². The molecule has 0 bridgehead atoms. The van der Waals surface area contributed by atoms with Crippen molar-refractivity contribution in [2.24, 2.45) is 0 Å². The summed E-state index contributed by atoms with van der Waals surface area (Å²) in [6, 6.07) is 0. The lowest BCUT2D eigenvalue weighted by Gasteiger charge is -2.03. The Morgan fingerprint density at radius 1 is 1.73 bits per heavy atom. The minimum atomic E-state index is -1.25. The average molecular weight is 159 g/mol. The van der Waals surface area contributed by atoms with Crippen molar-refractivity contribution in [3.05, 3.63) is 12.7 Å². The van der Waals surface area contributed by atoms with E-state index in [-0.39, 0.29) is 0 Å². The molecule has 0 aliphatic rings. The Kier molecular flexibility index (Phi) is 3.90. The summed E-state index contributed by atoms with van der Waals surface area (Å²) in [5.74, 6) is -1.56. The summed E-state index contributed by atoms with van der Waals surface area (Å²) in [5.41, 5.74) is 1.75. The summed E-state index contributed by atoms with van der Waals surface area (Å²) in [5, 5.41) is 8.55. The van der Waals surface area contributed by atoms with Gasteiger partial charge in [0.25, 0.3) is 5.91 Å². The molecule has 1 atom stereocenters. The van der Waals surface area contributed by atoms with Crippen LogP contribution in [-0.4, -0.2) is 23.1 Å². The van der Waals surface area contributed by atoms with Crippen molar-refractivity contribution < 1.29 is 19.5 Å². The van der Waals surface area contributed by atoms with Crippen LogP contribution >= 0.6 is 0 Å². The van der Waals surface area contributed by atoms with Crippen molar-refractivity contribution in [3.63, 3.8) is 0 Å². The highest BCUT2D eigenvalue weighted by molar-refractivity contribution is 5.87. The fourth-order valence-corrected chi connectivity index (χ4v) is 0.228. The zero-order valence-corrected chi connectivity index (χ0v) is 6.03. The Balaban J connectivity index is 3.62. The molecule has 0 aromatic carbocycles. The van der Waals surface area contributed by atoms with Crippen molar-refractivity contribution in [1.29, 1.82) is 0 Å². The largest absolute Gasteiger partial charge is 0.382 e. The first kappa shape index (κ1) is 9.64. The molecular weight excluding hydrogens is 150 g/mol. The number of carbonyl (C=O) groups excluding carboxylic acids is 2. The fraction of sp³-hybridized carbons (Fsp3) is 0.333. The molecule has 0 aliphatic heterocycles. The Bertz CT molecular complexity index is 175. The van der Waals surface area contributed by atoms with Gasteiger partial charge in [-0.1, -0.05) is 6.58 Å². The fourth-order valence-electron chi connectivity index (χ4n) is 0.228. The maximum Gasteiger partial charge on any atom is 0.360 e. The van der Waals surface area contributed by atoms with E-state index in [4.69, 9.17) is 5.11 Å². The first-order valence-corrected chi connectivity index (χ1v) is 2.89. The monoisotopic (exact) mass is 159 g/mol. The van der Waals surface area contributed by atoms with Crippen molar-refractivity contribution in [2.45, 2.75) is 13.0 Å². The molecule has 1 amide bonds. The van der Waals surface area contributed by atoms with Crippen LogP contribution in [0, 0.1) is 0 Å². The molecule has 11 heavy (non-hydrogen) atoms. The van der Waals surface area contributed by atoms with Crippen LogP contribution in [0.25, 0.3) is 0 Å². The first-order chi connectivity index (χ1) is 5.07. The third kappa shape index (κ3) is 4.10. The molecule has 0 saturated heterocycles. The molecule has 5 nitrogen and oxygen atoms in total. The normalized spacial score (nSPS) is 11.5. The summed E-state index contributed by atoms with van der Waals surface area (Å²) in [7, 11) is 0. The smallest absolute Gasteiger partial charge is 0.360 e. The number of nitrogens with one attached hydrogen (secondary N) is 1. The minimum absolute atomic E-state index is 0.640. The highest BCUT2D eigenvalue weighted by Crippen LogP contribution is 1.82. The highest BCUT2D eigenvalue weighted by atomic mass is 16.7. The van der Waals surface area contributed by atoms with Gasteiger partial charge >= 0.3 is 5.97 Å². The van der Waals surface area contributed by atoms with E-state index in [0.29, 0.717) is 0 Å². The summed E-state index contributed by atoms with van der Waals surface area (Å²) < 4.78 is 0. The molecular formula is C6H9NO4. The van der Waals surface area contributed by atoms with E-state index >= 15 is 0 Å². The SMILES string of the molecule is C=CC(=O)NOC(=O)C(C)O. The zero-order chi connectivity index (χ0) is 8.85. The molecule has 0 heterocycles. The molecule has 0 spiro atoms. The number of hydroxylamine groups is 1. The molecule has 0 saturated carbocycles. The van der Waals surface area contributed by atoms with Gasteiger partial charge < -0.3 is 9.94 Å². The van der Waals surface area contributed by atoms with Gasteiger partial charge in [0.05, 0.1) is 0 Å².